The molecule has 1 amide bonds. The molecule has 28 heavy (non-hydrogen) atoms. The Kier molecular flexibility index (Phi) is 5.64. The van der Waals surface area contributed by atoms with Crippen LogP contribution in [-0.2, 0) is 12.7 Å². The molecule has 2 N–H and O–H groups in total. The number of rotatable bonds is 5. The molecule has 0 spiro atoms. The zero-order valence-electron chi connectivity index (χ0n) is 14.6. The molecule has 0 bridgehead atoms. The number of carbonyl (C=O) groups excluding carboxylic acids is 1. The molecule has 0 aliphatic heterocycles. The third kappa shape index (κ3) is 4.86. The number of nitrogens with zero attached hydrogens (tertiary/aromatic N) is 1. The first-order valence-electron chi connectivity index (χ1n) is 8.15. The van der Waals surface area contributed by atoms with Crippen LogP contribution in [0.15, 0.2) is 47.8 Å². The number of hydrogen-bond donors (Lipinski definition) is 2. The van der Waals surface area contributed by atoms with Crippen molar-refractivity contribution in [3.8, 4) is 0 Å². The smallest absolute Gasteiger partial charge is 0.380 e. The maximum absolute atomic E-state index is 13.1. The van der Waals surface area contributed by atoms with Crippen LogP contribution in [-0.4, -0.2) is 10.9 Å². The van der Waals surface area contributed by atoms with E-state index >= 15 is 0 Å². The van der Waals surface area contributed by atoms with Gasteiger partial charge in [-0.3, -0.25) is 10.1 Å². The Hall–Kier alpha value is -2.94. The number of halogens is 4. The van der Waals surface area contributed by atoms with Gasteiger partial charge in [-0.2, -0.15) is 13.2 Å². The molecule has 0 saturated carbocycles. The van der Waals surface area contributed by atoms with Crippen LogP contribution >= 0.6 is 11.3 Å². The number of aryl methyl sites for hydroxylation is 1. The van der Waals surface area contributed by atoms with Crippen LogP contribution in [0.25, 0.3) is 0 Å². The van der Waals surface area contributed by atoms with Crippen molar-refractivity contribution in [2.75, 3.05) is 10.6 Å². The fraction of sp³-hybridized carbons (Fsp3) is 0.158. The Bertz CT molecular complexity index is 984. The molecule has 0 fully saturated rings. The number of nitrogens with one attached hydrogen (secondary N) is 2. The van der Waals surface area contributed by atoms with Crippen LogP contribution in [0.1, 0.15) is 27.2 Å². The van der Waals surface area contributed by atoms with Crippen molar-refractivity contribution in [1.82, 2.24) is 4.98 Å². The highest BCUT2D eigenvalue weighted by Gasteiger charge is 2.33. The largest absolute Gasteiger partial charge is 0.418 e. The van der Waals surface area contributed by atoms with Gasteiger partial charge in [0.1, 0.15) is 5.82 Å². The van der Waals surface area contributed by atoms with Gasteiger partial charge in [0, 0.05) is 23.2 Å². The predicted molar refractivity (Wildman–Crippen MR) is 100.0 cm³/mol. The summed E-state index contributed by atoms with van der Waals surface area (Å²) in [6, 6.07) is 8.87. The lowest BCUT2D eigenvalue weighted by atomic mass is 10.1. The fourth-order valence-electron chi connectivity index (χ4n) is 2.46. The number of benzene rings is 2. The van der Waals surface area contributed by atoms with Crippen molar-refractivity contribution in [3.63, 3.8) is 0 Å². The third-order valence-electron chi connectivity index (χ3n) is 3.83. The van der Waals surface area contributed by atoms with Gasteiger partial charge in [-0.05, 0) is 42.8 Å². The van der Waals surface area contributed by atoms with Gasteiger partial charge in [0.25, 0.3) is 5.91 Å². The second kappa shape index (κ2) is 7.97. The van der Waals surface area contributed by atoms with Crippen LogP contribution in [0, 0.1) is 12.7 Å². The van der Waals surface area contributed by atoms with Crippen LogP contribution in [0.3, 0.4) is 0 Å². The standard InChI is InChI=1S/C19H15F4N3OS/c1-11-10-28-18(25-11)26-17(27)13-4-2-12(3-5-13)9-24-16-7-6-14(20)8-15(16)19(21,22)23/h2-8,10,24H,9H2,1H3,(H,25,26,27). The van der Waals surface area contributed by atoms with E-state index < -0.39 is 17.6 Å². The Morgan fingerprint density at radius 3 is 2.46 bits per heavy atom. The second-order valence-corrected chi connectivity index (χ2v) is 6.84. The van der Waals surface area contributed by atoms with Crippen LogP contribution in [0.4, 0.5) is 28.4 Å². The summed E-state index contributed by atoms with van der Waals surface area (Å²) in [6.45, 7) is 1.90. The molecule has 2 aromatic carbocycles. The van der Waals surface area contributed by atoms with Gasteiger partial charge >= 0.3 is 6.18 Å². The number of anilines is 2. The average molecular weight is 409 g/mol. The lowest BCUT2D eigenvalue weighted by molar-refractivity contribution is -0.137. The topological polar surface area (TPSA) is 54.0 Å². The summed E-state index contributed by atoms with van der Waals surface area (Å²) < 4.78 is 52.2. The Morgan fingerprint density at radius 1 is 1.14 bits per heavy atom. The highest BCUT2D eigenvalue weighted by Crippen LogP contribution is 2.35. The van der Waals surface area contributed by atoms with Crippen LogP contribution in [0.2, 0.25) is 0 Å². The second-order valence-electron chi connectivity index (χ2n) is 5.99. The van der Waals surface area contributed by atoms with Crippen molar-refractivity contribution in [2.24, 2.45) is 0 Å². The number of amides is 1. The van der Waals surface area contributed by atoms with E-state index in [1.54, 1.807) is 24.3 Å². The number of hydrogen-bond acceptors (Lipinski definition) is 4. The van der Waals surface area contributed by atoms with E-state index in [9.17, 15) is 22.4 Å². The number of thiazole rings is 1. The summed E-state index contributed by atoms with van der Waals surface area (Å²) in [6.07, 6.45) is -4.67. The predicted octanol–water partition coefficient (Wildman–Crippen LogP) is 5.47. The summed E-state index contributed by atoms with van der Waals surface area (Å²) in [5.74, 6) is -1.28. The maximum atomic E-state index is 13.1. The van der Waals surface area contributed by atoms with Gasteiger partial charge in [0.2, 0.25) is 0 Å². The molecule has 146 valence electrons. The molecule has 0 saturated heterocycles. The van der Waals surface area contributed by atoms with E-state index in [1.165, 1.54) is 11.3 Å². The number of aromatic nitrogens is 1. The maximum Gasteiger partial charge on any atom is 0.418 e. The van der Waals surface area contributed by atoms with E-state index in [-0.39, 0.29) is 18.1 Å². The average Bonchev–Trinajstić information content (AvgIpc) is 3.05. The number of carbonyl (C=O) groups is 1. The van der Waals surface area contributed by atoms with E-state index in [0.717, 1.165) is 17.8 Å². The zero-order valence-corrected chi connectivity index (χ0v) is 15.4. The molecular formula is C19H15F4N3OS. The summed E-state index contributed by atoms with van der Waals surface area (Å²) >= 11 is 1.31. The van der Waals surface area contributed by atoms with Crippen molar-refractivity contribution in [1.29, 1.82) is 0 Å². The molecular weight excluding hydrogens is 394 g/mol. The Balaban J connectivity index is 1.66. The summed E-state index contributed by atoms with van der Waals surface area (Å²) in [5.41, 5.74) is 0.589. The fourth-order valence-corrected chi connectivity index (χ4v) is 3.14. The van der Waals surface area contributed by atoms with Crippen molar-refractivity contribution < 1.29 is 22.4 Å². The molecule has 0 unspecified atom stereocenters. The summed E-state index contributed by atoms with van der Waals surface area (Å²) in [4.78, 5) is 16.3. The van der Waals surface area contributed by atoms with E-state index in [0.29, 0.717) is 22.3 Å². The molecule has 0 aliphatic carbocycles. The van der Waals surface area contributed by atoms with Gasteiger partial charge in [0.05, 0.1) is 11.3 Å². The molecule has 0 aliphatic rings. The van der Waals surface area contributed by atoms with Crippen molar-refractivity contribution >= 4 is 28.1 Å². The van der Waals surface area contributed by atoms with Gasteiger partial charge in [0.15, 0.2) is 5.13 Å². The molecule has 4 nitrogen and oxygen atoms in total. The SMILES string of the molecule is Cc1csc(NC(=O)c2ccc(CNc3ccc(F)cc3C(F)(F)F)cc2)n1. The highest BCUT2D eigenvalue weighted by molar-refractivity contribution is 7.13. The first-order valence-corrected chi connectivity index (χ1v) is 9.03. The molecule has 1 heterocycles. The first-order chi connectivity index (χ1) is 13.2. The molecule has 0 atom stereocenters. The highest BCUT2D eigenvalue weighted by atomic mass is 32.1. The quantitative estimate of drug-likeness (QED) is 0.549. The van der Waals surface area contributed by atoms with Gasteiger partial charge in [-0.25, -0.2) is 9.37 Å². The Labute approximate surface area is 162 Å². The summed E-state index contributed by atoms with van der Waals surface area (Å²) in [7, 11) is 0. The lowest BCUT2D eigenvalue weighted by Gasteiger charge is -2.15. The normalized spacial score (nSPS) is 11.3. The van der Waals surface area contributed by atoms with Crippen LogP contribution in [0.5, 0.6) is 0 Å². The van der Waals surface area contributed by atoms with Gasteiger partial charge < -0.3 is 5.32 Å². The lowest BCUT2D eigenvalue weighted by Crippen LogP contribution is -2.12. The molecule has 9 heteroatoms. The van der Waals surface area contributed by atoms with E-state index in [1.807, 2.05) is 12.3 Å². The van der Waals surface area contributed by atoms with Crippen molar-refractivity contribution in [3.05, 3.63) is 76.0 Å². The molecule has 3 rings (SSSR count). The minimum Gasteiger partial charge on any atom is -0.380 e. The van der Waals surface area contributed by atoms with Crippen LogP contribution < -0.4 is 10.6 Å². The van der Waals surface area contributed by atoms with Gasteiger partial charge in [-0.1, -0.05) is 12.1 Å². The molecule has 3 aromatic rings. The van der Waals surface area contributed by atoms with E-state index in [2.05, 4.69) is 15.6 Å². The molecule has 0 radical (unpaired) electrons. The Morgan fingerprint density at radius 2 is 1.86 bits per heavy atom. The minimum atomic E-state index is -4.67. The van der Waals surface area contributed by atoms with Gasteiger partial charge in [-0.15, -0.1) is 11.3 Å². The van der Waals surface area contributed by atoms with E-state index in [4.69, 9.17) is 0 Å². The molecule has 1 aromatic heterocycles. The minimum absolute atomic E-state index is 0.0856. The van der Waals surface area contributed by atoms with Crippen molar-refractivity contribution in [2.45, 2.75) is 19.6 Å². The summed E-state index contributed by atoms with van der Waals surface area (Å²) in [5, 5.41) is 7.64. The first kappa shape index (κ1) is 19.8. The third-order valence-corrected chi connectivity index (χ3v) is 4.70. The monoisotopic (exact) mass is 409 g/mol. The number of alkyl halides is 3. The zero-order chi connectivity index (χ0) is 20.3.